The number of nitrogens with one attached hydrogen (secondary N) is 1. The molecule has 2 aromatic carbocycles. The minimum Gasteiger partial charge on any atom is -0.372 e. The Morgan fingerprint density at radius 2 is 1.39 bits per heavy atom. The zero-order chi connectivity index (χ0) is 19.3. The van der Waals surface area contributed by atoms with Crippen LogP contribution in [0.3, 0.4) is 0 Å². The third-order valence-electron chi connectivity index (χ3n) is 5.58. The summed E-state index contributed by atoms with van der Waals surface area (Å²) in [6.45, 7) is 5.43. The highest BCUT2D eigenvalue weighted by molar-refractivity contribution is 6.30. The van der Waals surface area contributed by atoms with Crippen molar-refractivity contribution in [3.63, 3.8) is 0 Å². The number of carbonyl (C=O) groups excluding carboxylic acids is 1. The Bertz CT molecular complexity index is 796. The van der Waals surface area contributed by atoms with Gasteiger partial charge in [-0.3, -0.25) is 0 Å². The number of piperidine rings is 1. The lowest BCUT2D eigenvalue weighted by molar-refractivity contribution is 0.208. The first-order valence-electron chi connectivity index (χ1n) is 10.1. The van der Waals surface area contributed by atoms with Gasteiger partial charge in [0.25, 0.3) is 0 Å². The van der Waals surface area contributed by atoms with Crippen LogP contribution in [-0.4, -0.2) is 50.2 Å². The molecule has 2 heterocycles. The fraction of sp³-hybridized carbons (Fsp3) is 0.409. The molecule has 1 N–H and O–H groups in total. The highest BCUT2D eigenvalue weighted by Gasteiger charge is 2.21. The van der Waals surface area contributed by atoms with Gasteiger partial charge in [-0.25, -0.2) is 4.79 Å². The Morgan fingerprint density at radius 3 is 2.00 bits per heavy atom. The summed E-state index contributed by atoms with van der Waals surface area (Å²) >= 11 is 5.99. The number of hydrogen-bond acceptors (Lipinski definition) is 3. The van der Waals surface area contributed by atoms with E-state index >= 15 is 0 Å². The van der Waals surface area contributed by atoms with Gasteiger partial charge in [0, 0.05) is 61.4 Å². The largest absolute Gasteiger partial charge is 0.372 e. The van der Waals surface area contributed by atoms with E-state index < -0.39 is 0 Å². The number of halogens is 1. The van der Waals surface area contributed by atoms with E-state index in [-0.39, 0.29) is 6.03 Å². The summed E-state index contributed by atoms with van der Waals surface area (Å²) in [6.07, 6.45) is 3.94. The molecule has 148 valence electrons. The molecular formula is C22H27ClN4O. The molecule has 2 saturated heterocycles. The highest BCUT2D eigenvalue weighted by atomic mass is 35.5. The van der Waals surface area contributed by atoms with Gasteiger partial charge in [0.1, 0.15) is 0 Å². The van der Waals surface area contributed by atoms with Gasteiger partial charge in [-0.15, -0.1) is 0 Å². The van der Waals surface area contributed by atoms with E-state index in [0.29, 0.717) is 18.1 Å². The van der Waals surface area contributed by atoms with E-state index in [1.807, 2.05) is 17.0 Å². The van der Waals surface area contributed by atoms with Crippen molar-refractivity contribution in [2.24, 2.45) is 0 Å². The summed E-state index contributed by atoms with van der Waals surface area (Å²) in [5.74, 6) is 0. The van der Waals surface area contributed by atoms with E-state index in [1.54, 1.807) is 12.1 Å². The molecule has 0 bridgehead atoms. The first-order chi connectivity index (χ1) is 13.7. The Morgan fingerprint density at radius 1 is 0.786 bits per heavy atom. The quantitative estimate of drug-likeness (QED) is 0.815. The average Bonchev–Trinajstić information content (AvgIpc) is 2.75. The van der Waals surface area contributed by atoms with Crippen LogP contribution in [-0.2, 0) is 0 Å². The van der Waals surface area contributed by atoms with Crippen LogP contribution in [0, 0.1) is 0 Å². The molecule has 6 heteroatoms. The van der Waals surface area contributed by atoms with Gasteiger partial charge in [0.05, 0.1) is 0 Å². The summed E-state index contributed by atoms with van der Waals surface area (Å²) in [5.41, 5.74) is 3.28. The van der Waals surface area contributed by atoms with Crippen molar-refractivity contribution in [2.45, 2.75) is 19.3 Å². The van der Waals surface area contributed by atoms with Crippen molar-refractivity contribution >= 4 is 34.7 Å². The fourth-order valence-electron chi connectivity index (χ4n) is 3.96. The maximum atomic E-state index is 12.5. The molecule has 4 rings (SSSR count). The first-order valence-corrected chi connectivity index (χ1v) is 10.5. The monoisotopic (exact) mass is 398 g/mol. The van der Waals surface area contributed by atoms with Crippen molar-refractivity contribution in [1.29, 1.82) is 0 Å². The Balaban J connectivity index is 1.30. The standard InChI is InChI=1S/C22H27ClN4O/c23-18-5-4-6-19(17-18)24-22(28)27-15-13-26(14-16-27)21-9-7-20(8-10-21)25-11-2-1-3-12-25/h4-10,17H,1-3,11-16H2,(H,24,28). The molecule has 0 spiro atoms. The molecule has 0 radical (unpaired) electrons. The third-order valence-corrected chi connectivity index (χ3v) is 5.81. The maximum absolute atomic E-state index is 12.5. The number of rotatable bonds is 3. The van der Waals surface area contributed by atoms with Gasteiger partial charge in [-0.2, -0.15) is 0 Å². The van der Waals surface area contributed by atoms with E-state index in [4.69, 9.17) is 11.6 Å². The zero-order valence-corrected chi connectivity index (χ0v) is 16.9. The number of urea groups is 1. The van der Waals surface area contributed by atoms with Crippen LogP contribution in [0.25, 0.3) is 0 Å². The molecule has 0 aliphatic carbocycles. The maximum Gasteiger partial charge on any atom is 0.321 e. The number of carbonyl (C=O) groups is 1. The molecule has 0 saturated carbocycles. The lowest BCUT2D eigenvalue weighted by Crippen LogP contribution is -2.50. The molecule has 2 aliphatic heterocycles. The number of benzene rings is 2. The molecule has 2 aliphatic rings. The van der Waals surface area contributed by atoms with Crippen LogP contribution < -0.4 is 15.1 Å². The lowest BCUT2D eigenvalue weighted by Gasteiger charge is -2.36. The number of amides is 2. The van der Waals surface area contributed by atoms with Gasteiger partial charge in [-0.05, 0) is 61.7 Å². The van der Waals surface area contributed by atoms with Crippen LogP contribution in [0.4, 0.5) is 21.9 Å². The topological polar surface area (TPSA) is 38.8 Å². The van der Waals surface area contributed by atoms with Crippen molar-refractivity contribution in [1.82, 2.24) is 4.90 Å². The van der Waals surface area contributed by atoms with E-state index in [1.165, 1.54) is 43.7 Å². The molecule has 0 atom stereocenters. The SMILES string of the molecule is O=C(Nc1cccc(Cl)c1)N1CCN(c2ccc(N3CCCCC3)cc2)CC1. The van der Waals surface area contributed by atoms with Crippen molar-refractivity contribution in [3.8, 4) is 0 Å². The van der Waals surface area contributed by atoms with Gasteiger partial charge in [-0.1, -0.05) is 17.7 Å². The smallest absolute Gasteiger partial charge is 0.321 e. The number of hydrogen-bond donors (Lipinski definition) is 1. The van der Waals surface area contributed by atoms with Crippen molar-refractivity contribution < 1.29 is 4.79 Å². The summed E-state index contributed by atoms with van der Waals surface area (Å²) in [5, 5.41) is 3.55. The van der Waals surface area contributed by atoms with Crippen molar-refractivity contribution in [3.05, 3.63) is 53.6 Å². The third kappa shape index (κ3) is 4.53. The summed E-state index contributed by atoms with van der Waals surface area (Å²) in [7, 11) is 0. The molecule has 2 fully saturated rings. The van der Waals surface area contributed by atoms with Crippen LogP contribution >= 0.6 is 11.6 Å². The van der Waals surface area contributed by atoms with Gasteiger partial charge >= 0.3 is 6.03 Å². The van der Waals surface area contributed by atoms with Crippen LogP contribution in [0.15, 0.2) is 48.5 Å². The van der Waals surface area contributed by atoms with Crippen LogP contribution in [0.5, 0.6) is 0 Å². The fourth-order valence-corrected chi connectivity index (χ4v) is 4.15. The second-order valence-corrected chi connectivity index (χ2v) is 7.92. The van der Waals surface area contributed by atoms with Gasteiger partial charge < -0.3 is 20.0 Å². The lowest BCUT2D eigenvalue weighted by atomic mass is 10.1. The molecule has 2 amide bonds. The van der Waals surface area contributed by atoms with E-state index in [2.05, 4.69) is 39.4 Å². The second kappa shape index (κ2) is 8.74. The molecule has 28 heavy (non-hydrogen) atoms. The number of piperazine rings is 1. The van der Waals surface area contributed by atoms with E-state index in [0.717, 1.165) is 18.8 Å². The molecule has 2 aromatic rings. The molecule has 5 nitrogen and oxygen atoms in total. The predicted molar refractivity (Wildman–Crippen MR) is 117 cm³/mol. The normalized spacial score (nSPS) is 17.5. The zero-order valence-electron chi connectivity index (χ0n) is 16.1. The van der Waals surface area contributed by atoms with Crippen LogP contribution in [0.2, 0.25) is 5.02 Å². The molecule has 0 aromatic heterocycles. The highest BCUT2D eigenvalue weighted by Crippen LogP contribution is 2.24. The van der Waals surface area contributed by atoms with Gasteiger partial charge in [0.15, 0.2) is 0 Å². The summed E-state index contributed by atoms with van der Waals surface area (Å²) in [4.78, 5) is 19.2. The van der Waals surface area contributed by atoms with Crippen molar-refractivity contribution in [2.75, 3.05) is 54.4 Å². The minimum absolute atomic E-state index is 0.0673. The van der Waals surface area contributed by atoms with E-state index in [9.17, 15) is 4.79 Å². The number of nitrogens with zero attached hydrogens (tertiary/aromatic N) is 3. The first kappa shape index (κ1) is 18.9. The Hall–Kier alpha value is -2.40. The summed E-state index contributed by atoms with van der Waals surface area (Å²) < 4.78 is 0. The molecule has 0 unspecified atom stereocenters. The summed E-state index contributed by atoms with van der Waals surface area (Å²) in [6, 6.07) is 16.1. The second-order valence-electron chi connectivity index (χ2n) is 7.48. The molecular weight excluding hydrogens is 372 g/mol. The van der Waals surface area contributed by atoms with Crippen LogP contribution in [0.1, 0.15) is 19.3 Å². The number of anilines is 3. The minimum atomic E-state index is -0.0673. The predicted octanol–water partition coefficient (Wildman–Crippen LogP) is 4.68. The average molecular weight is 399 g/mol. The Labute approximate surface area is 171 Å². The van der Waals surface area contributed by atoms with Gasteiger partial charge in [0.2, 0.25) is 0 Å². The Kier molecular flexibility index (Phi) is 5.91.